The Balaban J connectivity index is 1.50. The fourth-order valence-electron chi connectivity index (χ4n) is 6.01. The van der Waals surface area contributed by atoms with Crippen molar-refractivity contribution in [3.8, 4) is 0 Å². The summed E-state index contributed by atoms with van der Waals surface area (Å²) >= 11 is 5.88. The van der Waals surface area contributed by atoms with Gasteiger partial charge in [0.1, 0.15) is 0 Å². The molecule has 1 aromatic heterocycles. The molecule has 0 amide bonds. The quantitative estimate of drug-likeness (QED) is 0.349. The number of rotatable bonds is 5. The molecule has 2 bridgehead atoms. The molecule has 4 nitrogen and oxygen atoms in total. The number of thiocarbonyl (C=S) groups is 1. The summed E-state index contributed by atoms with van der Waals surface area (Å²) < 4.78 is 0. The molecule has 0 aliphatic carbocycles. The number of fused-ring (bicyclic) bond motifs is 4. The number of anilines is 1. The van der Waals surface area contributed by atoms with E-state index in [9.17, 15) is 0 Å². The number of hydrogen-bond acceptors (Lipinski definition) is 3. The number of benzene rings is 2. The topological polar surface area (TPSA) is 40.2 Å². The van der Waals surface area contributed by atoms with Crippen molar-refractivity contribution in [1.82, 2.24) is 15.2 Å². The third kappa shape index (κ3) is 4.59. The standard InChI is InChI=1S/C29H34N4S/c1-5-21-17-33-11-9-22(21)16-27(33)28(24-8-10-30-26-7-6-18(2)15-25(24)26)32-29(34)31-23-13-19(3)12-20(4)14-23/h5-8,10,12-15,21-22,27-28H,1,9,11,16-17H2,2-4H3,(H2,31,32,34)/t21?,22?,27?,28-/m1/s1. The lowest BCUT2D eigenvalue weighted by atomic mass is 9.73. The molecular formula is C29H34N4S. The molecule has 0 saturated carbocycles. The molecule has 3 aromatic rings. The minimum Gasteiger partial charge on any atom is -0.354 e. The Bertz CT molecular complexity index is 1220. The zero-order valence-corrected chi connectivity index (χ0v) is 21.2. The molecule has 0 radical (unpaired) electrons. The third-order valence-corrected chi connectivity index (χ3v) is 7.79. The second kappa shape index (κ2) is 9.47. The Kier molecular flexibility index (Phi) is 6.41. The number of aryl methyl sites for hydroxylation is 3. The van der Waals surface area contributed by atoms with Gasteiger partial charge in [0, 0.05) is 29.9 Å². The van der Waals surface area contributed by atoms with Gasteiger partial charge in [0.05, 0.1) is 11.6 Å². The van der Waals surface area contributed by atoms with Crippen molar-refractivity contribution >= 4 is 33.9 Å². The fraction of sp³-hybridized carbons (Fsp3) is 0.379. The van der Waals surface area contributed by atoms with E-state index in [1.165, 1.54) is 34.1 Å². The Hall–Kier alpha value is -2.76. The zero-order valence-electron chi connectivity index (χ0n) is 20.3. The van der Waals surface area contributed by atoms with E-state index in [1.54, 1.807) is 0 Å². The molecule has 34 heavy (non-hydrogen) atoms. The molecule has 2 N–H and O–H groups in total. The van der Waals surface area contributed by atoms with Crippen LogP contribution in [0.15, 0.2) is 61.3 Å². The predicted molar refractivity (Wildman–Crippen MR) is 146 cm³/mol. The zero-order chi connectivity index (χ0) is 23.8. The van der Waals surface area contributed by atoms with Gasteiger partial charge in [-0.2, -0.15) is 0 Å². The van der Waals surface area contributed by atoms with Gasteiger partial charge in [0.15, 0.2) is 5.11 Å². The van der Waals surface area contributed by atoms with E-state index in [0.717, 1.165) is 30.7 Å². The van der Waals surface area contributed by atoms with Crippen molar-refractivity contribution in [3.63, 3.8) is 0 Å². The molecule has 3 aliphatic rings. The Morgan fingerprint density at radius 1 is 1.12 bits per heavy atom. The van der Waals surface area contributed by atoms with Crippen molar-refractivity contribution in [1.29, 1.82) is 0 Å². The SMILES string of the molecule is C=CC1CN2CCC1CC2[C@H](NC(=S)Nc1cc(C)cc(C)c1)c1ccnc2ccc(C)cc12. The minimum absolute atomic E-state index is 0.0757. The van der Waals surface area contributed by atoms with E-state index in [2.05, 4.69) is 96.4 Å². The van der Waals surface area contributed by atoms with Crippen LogP contribution in [0.3, 0.4) is 0 Å². The average molecular weight is 471 g/mol. The van der Waals surface area contributed by atoms with Gasteiger partial charge in [-0.15, -0.1) is 6.58 Å². The van der Waals surface area contributed by atoms with Crippen LogP contribution in [0.25, 0.3) is 10.9 Å². The van der Waals surface area contributed by atoms with Crippen LogP contribution in [0.2, 0.25) is 0 Å². The highest BCUT2D eigenvalue weighted by atomic mass is 32.1. The third-order valence-electron chi connectivity index (χ3n) is 7.57. The summed E-state index contributed by atoms with van der Waals surface area (Å²) in [4.78, 5) is 7.29. The van der Waals surface area contributed by atoms with Gasteiger partial charge in [-0.1, -0.05) is 23.8 Å². The van der Waals surface area contributed by atoms with Crippen LogP contribution in [0.1, 0.15) is 41.1 Å². The van der Waals surface area contributed by atoms with Gasteiger partial charge in [0.25, 0.3) is 0 Å². The highest BCUT2D eigenvalue weighted by Gasteiger charge is 2.43. The molecule has 4 heterocycles. The summed E-state index contributed by atoms with van der Waals surface area (Å²) in [6, 6.07) is 15.6. The molecule has 2 aromatic carbocycles. The number of aromatic nitrogens is 1. The molecule has 3 aliphatic heterocycles. The summed E-state index contributed by atoms with van der Waals surface area (Å²) in [5.41, 5.74) is 7.02. The van der Waals surface area contributed by atoms with Gasteiger partial charge >= 0.3 is 0 Å². The molecule has 6 rings (SSSR count). The maximum absolute atomic E-state index is 5.88. The second-order valence-electron chi connectivity index (χ2n) is 10.1. The first-order valence-electron chi connectivity index (χ1n) is 12.3. The van der Waals surface area contributed by atoms with Crippen molar-refractivity contribution in [2.45, 2.75) is 45.7 Å². The Morgan fingerprint density at radius 2 is 1.91 bits per heavy atom. The summed E-state index contributed by atoms with van der Waals surface area (Å²) in [6.07, 6.45) is 6.50. The average Bonchev–Trinajstić information content (AvgIpc) is 2.81. The highest BCUT2D eigenvalue weighted by Crippen LogP contribution is 2.42. The van der Waals surface area contributed by atoms with Crippen LogP contribution < -0.4 is 10.6 Å². The molecule has 5 atom stereocenters. The van der Waals surface area contributed by atoms with Gasteiger partial charge in [-0.05, 0) is 111 Å². The van der Waals surface area contributed by atoms with E-state index < -0.39 is 0 Å². The molecule has 3 saturated heterocycles. The number of piperidine rings is 3. The van der Waals surface area contributed by atoms with Crippen molar-refractivity contribution in [2.75, 3.05) is 18.4 Å². The largest absolute Gasteiger partial charge is 0.354 e. The minimum atomic E-state index is 0.0757. The van der Waals surface area contributed by atoms with E-state index >= 15 is 0 Å². The van der Waals surface area contributed by atoms with Crippen LogP contribution in [0, 0.1) is 32.6 Å². The highest BCUT2D eigenvalue weighted by molar-refractivity contribution is 7.80. The number of nitrogens with zero attached hydrogens (tertiary/aromatic N) is 2. The predicted octanol–water partition coefficient (Wildman–Crippen LogP) is 6.08. The lowest BCUT2D eigenvalue weighted by molar-refractivity contribution is 0.00443. The van der Waals surface area contributed by atoms with Crippen LogP contribution >= 0.6 is 12.2 Å². The maximum Gasteiger partial charge on any atom is 0.171 e. The molecule has 176 valence electrons. The van der Waals surface area contributed by atoms with Gasteiger partial charge in [-0.25, -0.2) is 0 Å². The van der Waals surface area contributed by atoms with Crippen LogP contribution in [0.4, 0.5) is 5.69 Å². The van der Waals surface area contributed by atoms with Crippen LogP contribution in [-0.4, -0.2) is 34.1 Å². The lowest BCUT2D eigenvalue weighted by Crippen LogP contribution is -2.57. The smallest absolute Gasteiger partial charge is 0.171 e. The van der Waals surface area contributed by atoms with Crippen LogP contribution in [0.5, 0.6) is 0 Å². The number of pyridine rings is 1. The summed E-state index contributed by atoms with van der Waals surface area (Å²) in [5.74, 6) is 1.27. The van der Waals surface area contributed by atoms with E-state index in [1.807, 2.05) is 6.20 Å². The monoisotopic (exact) mass is 470 g/mol. The van der Waals surface area contributed by atoms with Crippen molar-refractivity contribution in [3.05, 3.63) is 83.6 Å². The number of hydrogen-bond donors (Lipinski definition) is 2. The lowest BCUT2D eigenvalue weighted by Gasteiger charge is -2.52. The van der Waals surface area contributed by atoms with E-state index in [0.29, 0.717) is 23.0 Å². The summed E-state index contributed by atoms with van der Waals surface area (Å²) in [5, 5.41) is 9.07. The first-order valence-corrected chi connectivity index (χ1v) is 12.7. The summed E-state index contributed by atoms with van der Waals surface area (Å²) in [6.45, 7) is 12.7. The van der Waals surface area contributed by atoms with E-state index in [4.69, 9.17) is 12.2 Å². The first kappa shape index (κ1) is 23.0. The first-order chi connectivity index (χ1) is 16.4. The summed E-state index contributed by atoms with van der Waals surface area (Å²) in [7, 11) is 0. The molecular weight excluding hydrogens is 436 g/mol. The molecule has 0 spiro atoms. The normalized spacial score (nSPS) is 24.6. The van der Waals surface area contributed by atoms with Crippen molar-refractivity contribution in [2.24, 2.45) is 11.8 Å². The number of nitrogens with one attached hydrogen (secondary N) is 2. The van der Waals surface area contributed by atoms with Crippen LogP contribution in [-0.2, 0) is 0 Å². The fourth-order valence-corrected chi connectivity index (χ4v) is 6.26. The molecule has 3 fully saturated rings. The van der Waals surface area contributed by atoms with Crippen molar-refractivity contribution < 1.29 is 0 Å². The van der Waals surface area contributed by atoms with Gasteiger partial charge in [-0.3, -0.25) is 9.88 Å². The Morgan fingerprint density at radius 3 is 2.62 bits per heavy atom. The maximum atomic E-state index is 5.88. The second-order valence-corrected chi connectivity index (χ2v) is 10.5. The van der Waals surface area contributed by atoms with E-state index in [-0.39, 0.29) is 6.04 Å². The van der Waals surface area contributed by atoms with Gasteiger partial charge in [0.2, 0.25) is 0 Å². The molecule has 4 unspecified atom stereocenters. The molecule has 5 heteroatoms. The Labute approximate surface area is 208 Å². The van der Waals surface area contributed by atoms with Gasteiger partial charge < -0.3 is 10.6 Å².